The smallest absolute Gasteiger partial charge is 0.223 e. The first-order valence-corrected chi connectivity index (χ1v) is 8.75. The van der Waals surface area contributed by atoms with Crippen molar-refractivity contribution in [1.29, 1.82) is 0 Å². The van der Waals surface area contributed by atoms with Crippen molar-refractivity contribution >= 4 is 33.2 Å². The van der Waals surface area contributed by atoms with Gasteiger partial charge in [-0.25, -0.2) is 4.98 Å². The lowest BCUT2D eigenvalue weighted by atomic mass is 10.1. The molecule has 1 aliphatic rings. The van der Waals surface area contributed by atoms with Crippen molar-refractivity contribution < 1.29 is 4.79 Å². The summed E-state index contributed by atoms with van der Waals surface area (Å²) >= 11 is 5.09. The van der Waals surface area contributed by atoms with Gasteiger partial charge in [-0.1, -0.05) is 28.1 Å². The van der Waals surface area contributed by atoms with Gasteiger partial charge in [-0.2, -0.15) is 0 Å². The van der Waals surface area contributed by atoms with Crippen molar-refractivity contribution in [2.45, 2.75) is 25.7 Å². The quantitative estimate of drug-likeness (QED) is 0.878. The van der Waals surface area contributed by atoms with E-state index in [1.807, 2.05) is 24.4 Å². The molecule has 0 spiro atoms. The summed E-state index contributed by atoms with van der Waals surface area (Å²) in [5.74, 6) is 0.709. The Bertz CT molecular complexity index is 638. The number of nitrogens with one attached hydrogen (secondary N) is 1. The number of halogens is 1. The summed E-state index contributed by atoms with van der Waals surface area (Å²) in [5.41, 5.74) is 2.31. The largest absolute Gasteiger partial charge is 0.355 e. The number of rotatable bonds is 5. The number of thiazole rings is 1. The van der Waals surface area contributed by atoms with Crippen LogP contribution in [0.3, 0.4) is 0 Å². The minimum atomic E-state index is 0.143. The maximum atomic E-state index is 12.1. The zero-order chi connectivity index (χ0) is 14.8. The molecular formula is C16H17BrN2OS. The summed E-state index contributed by atoms with van der Waals surface area (Å²) in [5, 5.41) is 6.17. The molecule has 0 aliphatic heterocycles. The van der Waals surface area contributed by atoms with E-state index in [0.29, 0.717) is 12.5 Å². The Morgan fingerprint density at radius 1 is 1.43 bits per heavy atom. The van der Waals surface area contributed by atoms with Gasteiger partial charge in [0.25, 0.3) is 0 Å². The van der Waals surface area contributed by atoms with Gasteiger partial charge in [0.15, 0.2) is 0 Å². The number of carbonyl (C=O) groups excluding carboxylic acids is 1. The van der Waals surface area contributed by atoms with Crippen LogP contribution in [0.25, 0.3) is 0 Å². The van der Waals surface area contributed by atoms with E-state index in [1.54, 1.807) is 11.3 Å². The van der Waals surface area contributed by atoms with Crippen molar-refractivity contribution in [3.05, 3.63) is 50.4 Å². The average molecular weight is 365 g/mol. The second kappa shape index (κ2) is 6.28. The van der Waals surface area contributed by atoms with Crippen LogP contribution in [0.4, 0.5) is 0 Å². The van der Waals surface area contributed by atoms with E-state index in [4.69, 9.17) is 0 Å². The first kappa shape index (κ1) is 14.7. The molecule has 1 aromatic heterocycles. The highest BCUT2D eigenvalue weighted by molar-refractivity contribution is 9.10. The van der Waals surface area contributed by atoms with Gasteiger partial charge >= 0.3 is 0 Å². The number of nitrogens with zero attached hydrogens (tertiary/aromatic N) is 1. The third kappa shape index (κ3) is 3.71. The second-order valence-corrected chi connectivity index (χ2v) is 7.28. The Hall–Kier alpha value is -1.20. The average Bonchev–Trinajstić information content (AvgIpc) is 3.16. The summed E-state index contributed by atoms with van der Waals surface area (Å²) in [6, 6.07) is 8.27. The molecule has 0 bridgehead atoms. The number of hydrogen-bond donors (Lipinski definition) is 1. The number of amides is 1. The Morgan fingerprint density at radius 3 is 2.86 bits per heavy atom. The van der Waals surface area contributed by atoms with Crippen LogP contribution < -0.4 is 5.32 Å². The third-order valence-corrected chi connectivity index (χ3v) is 5.29. The molecule has 0 saturated heterocycles. The van der Waals surface area contributed by atoms with Crippen molar-refractivity contribution in [1.82, 2.24) is 10.3 Å². The molecular weight excluding hydrogens is 348 g/mol. The molecule has 1 aromatic carbocycles. The van der Waals surface area contributed by atoms with Crippen LogP contribution in [0.5, 0.6) is 0 Å². The van der Waals surface area contributed by atoms with Crippen molar-refractivity contribution in [2.24, 2.45) is 5.92 Å². The van der Waals surface area contributed by atoms with Gasteiger partial charge in [-0.3, -0.25) is 4.79 Å². The molecule has 3 nitrogen and oxygen atoms in total. The molecule has 1 amide bonds. The molecule has 1 fully saturated rings. The van der Waals surface area contributed by atoms with E-state index in [1.165, 1.54) is 5.56 Å². The lowest BCUT2D eigenvalue weighted by Gasteiger charge is -2.04. The van der Waals surface area contributed by atoms with Crippen LogP contribution in [0, 0.1) is 12.8 Å². The molecule has 3 rings (SSSR count). The zero-order valence-electron chi connectivity index (χ0n) is 11.8. The molecule has 21 heavy (non-hydrogen) atoms. The van der Waals surface area contributed by atoms with Crippen molar-refractivity contribution in [3.63, 3.8) is 0 Å². The molecule has 1 heterocycles. The molecule has 1 aliphatic carbocycles. The van der Waals surface area contributed by atoms with Crippen LogP contribution in [0.2, 0.25) is 0 Å². The maximum Gasteiger partial charge on any atom is 0.223 e. The minimum Gasteiger partial charge on any atom is -0.355 e. The number of benzene rings is 1. The van der Waals surface area contributed by atoms with Crippen molar-refractivity contribution in [3.8, 4) is 0 Å². The molecule has 110 valence electrons. The Labute approximate surface area is 136 Å². The Balaban J connectivity index is 1.46. The summed E-state index contributed by atoms with van der Waals surface area (Å²) in [6.45, 7) is 2.67. The summed E-state index contributed by atoms with van der Waals surface area (Å²) < 4.78 is 1.08. The number of aromatic nitrogens is 1. The van der Waals surface area contributed by atoms with Gasteiger partial charge in [-0.05, 0) is 37.0 Å². The van der Waals surface area contributed by atoms with Gasteiger partial charge in [0.2, 0.25) is 5.91 Å². The van der Waals surface area contributed by atoms with Crippen LogP contribution in [-0.2, 0) is 11.2 Å². The summed E-state index contributed by atoms with van der Waals surface area (Å²) in [6.07, 6.45) is 1.78. The molecule has 5 heteroatoms. The van der Waals surface area contributed by atoms with E-state index >= 15 is 0 Å². The predicted molar refractivity (Wildman–Crippen MR) is 88.6 cm³/mol. The topological polar surface area (TPSA) is 42.0 Å². The first-order valence-electron chi connectivity index (χ1n) is 7.07. The van der Waals surface area contributed by atoms with Crippen LogP contribution >= 0.6 is 27.3 Å². The maximum absolute atomic E-state index is 12.1. The molecule has 2 atom stereocenters. The number of hydrogen-bond acceptors (Lipinski definition) is 3. The lowest BCUT2D eigenvalue weighted by Crippen LogP contribution is -2.27. The monoisotopic (exact) mass is 364 g/mol. The van der Waals surface area contributed by atoms with Crippen LogP contribution in [0.15, 0.2) is 34.1 Å². The van der Waals surface area contributed by atoms with E-state index in [-0.39, 0.29) is 11.8 Å². The van der Waals surface area contributed by atoms with E-state index in [9.17, 15) is 4.79 Å². The van der Waals surface area contributed by atoms with Gasteiger partial charge in [0.05, 0.1) is 5.01 Å². The minimum absolute atomic E-state index is 0.143. The standard InChI is InChI=1S/C16H17BrN2OS/c1-10-9-21-15(19-10)6-7-18-16(20)14-8-13(14)11-2-4-12(17)5-3-11/h2-5,9,13-14H,6-8H2,1H3,(H,18,20)/t13-,14+/m1/s1. The Kier molecular flexibility index (Phi) is 4.40. The molecule has 1 saturated carbocycles. The Morgan fingerprint density at radius 2 is 2.19 bits per heavy atom. The van der Waals surface area contributed by atoms with Gasteiger partial charge in [-0.15, -0.1) is 11.3 Å². The lowest BCUT2D eigenvalue weighted by molar-refractivity contribution is -0.122. The van der Waals surface area contributed by atoms with E-state index in [0.717, 1.165) is 28.0 Å². The normalized spacial score (nSPS) is 20.3. The second-order valence-electron chi connectivity index (χ2n) is 5.42. The number of carbonyl (C=O) groups is 1. The summed E-state index contributed by atoms with van der Waals surface area (Å²) in [4.78, 5) is 16.5. The molecule has 1 N–H and O–H groups in total. The molecule has 2 aromatic rings. The first-order chi connectivity index (χ1) is 10.1. The zero-order valence-corrected chi connectivity index (χ0v) is 14.2. The fourth-order valence-corrected chi connectivity index (χ4v) is 3.54. The molecule has 0 unspecified atom stereocenters. The van der Waals surface area contributed by atoms with Gasteiger partial charge < -0.3 is 5.32 Å². The van der Waals surface area contributed by atoms with Gasteiger partial charge in [0.1, 0.15) is 0 Å². The summed E-state index contributed by atoms with van der Waals surface area (Å²) in [7, 11) is 0. The fraction of sp³-hybridized carbons (Fsp3) is 0.375. The predicted octanol–water partition coefficient (Wildman–Crippen LogP) is 3.68. The van der Waals surface area contributed by atoms with Gasteiger partial charge in [0, 0.05) is 34.4 Å². The van der Waals surface area contributed by atoms with E-state index in [2.05, 4.69) is 38.4 Å². The highest BCUT2D eigenvalue weighted by Crippen LogP contribution is 2.47. The highest BCUT2D eigenvalue weighted by atomic mass is 79.9. The third-order valence-electron chi connectivity index (χ3n) is 3.73. The molecule has 0 radical (unpaired) electrons. The van der Waals surface area contributed by atoms with Crippen LogP contribution in [0.1, 0.15) is 28.6 Å². The SMILES string of the molecule is Cc1csc(CCNC(=O)[C@H]2C[C@@H]2c2ccc(Br)cc2)n1. The number of aryl methyl sites for hydroxylation is 1. The fourth-order valence-electron chi connectivity index (χ4n) is 2.50. The van der Waals surface area contributed by atoms with Crippen molar-refractivity contribution in [2.75, 3.05) is 6.54 Å². The van der Waals surface area contributed by atoms with E-state index < -0.39 is 0 Å². The highest BCUT2D eigenvalue weighted by Gasteiger charge is 2.43. The van der Waals surface area contributed by atoms with Crippen LogP contribution in [-0.4, -0.2) is 17.4 Å².